The van der Waals surface area contributed by atoms with E-state index in [2.05, 4.69) is 5.32 Å². The number of halogens is 4. The highest BCUT2D eigenvalue weighted by molar-refractivity contribution is 6.33. The van der Waals surface area contributed by atoms with Crippen LogP contribution in [0.2, 0.25) is 5.02 Å². The van der Waals surface area contributed by atoms with Gasteiger partial charge in [-0.2, -0.15) is 18.4 Å². The van der Waals surface area contributed by atoms with Gasteiger partial charge >= 0.3 is 6.18 Å². The van der Waals surface area contributed by atoms with Crippen LogP contribution in [0, 0.1) is 18.3 Å². The van der Waals surface area contributed by atoms with Crippen LogP contribution in [-0.4, -0.2) is 0 Å². The maximum absolute atomic E-state index is 12.6. The number of rotatable bonds is 2. The van der Waals surface area contributed by atoms with Crippen LogP contribution in [0.15, 0.2) is 36.4 Å². The maximum Gasteiger partial charge on any atom is 0.416 e. The second-order valence-corrected chi connectivity index (χ2v) is 4.89. The molecule has 1 N–H and O–H groups in total. The maximum atomic E-state index is 12.6. The molecule has 21 heavy (non-hydrogen) atoms. The van der Waals surface area contributed by atoms with Crippen molar-refractivity contribution in [2.75, 3.05) is 5.32 Å². The van der Waals surface area contributed by atoms with Crippen molar-refractivity contribution >= 4 is 23.0 Å². The topological polar surface area (TPSA) is 35.8 Å². The van der Waals surface area contributed by atoms with Gasteiger partial charge in [0.15, 0.2) is 0 Å². The molecule has 0 atom stereocenters. The zero-order valence-electron chi connectivity index (χ0n) is 10.9. The summed E-state index contributed by atoms with van der Waals surface area (Å²) in [5.74, 6) is 0. The number of nitrogens with one attached hydrogen (secondary N) is 1. The van der Waals surface area contributed by atoms with E-state index in [-0.39, 0.29) is 11.3 Å². The summed E-state index contributed by atoms with van der Waals surface area (Å²) in [6, 6.07) is 9.95. The molecule has 0 aromatic heterocycles. The third kappa shape index (κ3) is 3.47. The molecule has 0 amide bonds. The average Bonchev–Trinajstić information content (AvgIpc) is 2.42. The Morgan fingerprint density at radius 3 is 2.43 bits per heavy atom. The van der Waals surface area contributed by atoms with Gasteiger partial charge in [-0.1, -0.05) is 17.7 Å². The Morgan fingerprint density at radius 2 is 1.81 bits per heavy atom. The standard InChI is InChI=1S/C15H10ClF3N2/c1-9-2-4-12(16)14(6-9)21-13-5-3-11(15(17,18)19)7-10(13)8-20/h2-7,21H,1H3. The minimum Gasteiger partial charge on any atom is -0.353 e. The van der Waals surface area contributed by atoms with Crippen LogP contribution in [0.5, 0.6) is 0 Å². The first-order valence-electron chi connectivity index (χ1n) is 5.96. The molecule has 0 aliphatic rings. The van der Waals surface area contributed by atoms with Crippen LogP contribution >= 0.6 is 11.6 Å². The summed E-state index contributed by atoms with van der Waals surface area (Å²) in [6.07, 6.45) is -4.48. The molecule has 0 saturated carbocycles. The average molecular weight is 311 g/mol. The van der Waals surface area contributed by atoms with Crippen molar-refractivity contribution in [3.63, 3.8) is 0 Å². The quantitative estimate of drug-likeness (QED) is 0.819. The van der Waals surface area contributed by atoms with E-state index < -0.39 is 11.7 Å². The van der Waals surface area contributed by atoms with Gasteiger partial charge in [-0.05, 0) is 42.8 Å². The Hall–Kier alpha value is -2.19. The first kappa shape index (κ1) is 15.2. The number of benzene rings is 2. The summed E-state index contributed by atoms with van der Waals surface area (Å²) < 4.78 is 37.9. The molecule has 0 heterocycles. The van der Waals surface area contributed by atoms with Gasteiger partial charge in [0, 0.05) is 0 Å². The predicted molar refractivity (Wildman–Crippen MR) is 75.6 cm³/mol. The van der Waals surface area contributed by atoms with Crippen molar-refractivity contribution in [3.8, 4) is 6.07 Å². The summed E-state index contributed by atoms with van der Waals surface area (Å²) in [4.78, 5) is 0. The third-order valence-corrected chi connectivity index (χ3v) is 3.19. The zero-order chi connectivity index (χ0) is 15.6. The molecular weight excluding hydrogens is 301 g/mol. The van der Waals surface area contributed by atoms with Crippen molar-refractivity contribution in [1.29, 1.82) is 5.26 Å². The lowest BCUT2D eigenvalue weighted by Gasteiger charge is -2.13. The van der Waals surface area contributed by atoms with Gasteiger partial charge in [0.05, 0.1) is 27.5 Å². The summed E-state index contributed by atoms with van der Waals surface area (Å²) in [7, 11) is 0. The van der Waals surface area contributed by atoms with Crippen molar-refractivity contribution in [2.45, 2.75) is 13.1 Å². The molecule has 0 radical (unpaired) electrons. The predicted octanol–water partition coefficient (Wildman–Crippen LogP) is 5.28. The van der Waals surface area contributed by atoms with E-state index >= 15 is 0 Å². The van der Waals surface area contributed by atoms with Crippen molar-refractivity contribution < 1.29 is 13.2 Å². The van der Waals surface area contributed by atoms with Crippen LogP contribution in [0.25, 0.3) is 0 Å². The molecule has 2 nitrogen and oxygen atoms in total. The van der Waals surface area contributed by atoms with E-state index in [0.29, 0.717) is 10.7 Å². The number of hydrogen-bond acceptors (Lipinski definition) is 2. The lowest BCUT2D eigenvalue weighted by atomic mass is 10.1. The van der Waals surface area contributed by atoms with Crippen LogP contribution in [0.3, 0.4) is 0 Å². The summed E-state index contributed by atoms with van der Waals surface area (Å²) in [5.41, 5.74) is 0.792. The Morgan fingerprint density at radius 1 is 1.10 bits per heavy atom. The molecule has 2 aromatic carbocycles. The molecule has 0 fully saturated rings. The Bertz CT molecular complexity index is 718. The fourth-order valence-electron chi connectivity index (χ4n) is 1.80. The third-order valence-electron chi connectivity index (χ3n) is 2.86. The number of aryl methyl sites for hydroxylation is 1. The smallest absolute Gasteiger partial charge is 0.353 e. The van der Waals surface area contributed by atoms with E-state index in [9.17, 15) is 13.2 Å². The monoisotopic (exact) mass is 310 g/mol. The number of nitriles is 1. The highest BCUT2D eigenvalue weighted by Gasteiger charge is 2.31. The van der Waals surface area contributed by atoms with Crippen molar-refractivity contribution in [1.82, 2.24) is 0 Å². The highest BCUT2D eigenvalue weighted by Crippen LogP contribution is 2.33. The molecule has 0 saturated heterocycles. The first-order chi connectivity index (χ1) is 9.81. The van der Waals surface area contributed by atoms with Gasteiger partial charge in [-0.3, -0.25) is 0 Å². The molecule has 0 aliphatic heterocycles. The Labute approximate surface area is 124 Å². The van der Waals surface area contributed by atoms with E-state index in [4.69, 9.17) is 16.9 Å². The SMILES string of the molecule is Cc1ccc(Cl)c(Nc2ccc(C(F)(F)F)cc2C#N)c1. The van der Waals surface area contributed by atoms with Gasteiger partial charge in [0.1, 0.15) is 6.07 Å². The molecule has 0 unspecified atom stereocenters. The van der Waals surface area contributed by atoms with Crippen molar-refractivity contribution in [2.24, 2.45) is 0 Å². The fraction of sp³-hybridized carbons (Fsp3) is 0.133. The number of alkyl halides is 3. The largest absolute Gasteiger partial charge is 0.416 e. The summed E-state index contributed by atoms with van der Waals surface area (Å²) >= 11 is 6.02. The van der Waals surface area contributed by atoms with Gasteiger partial charge in [0.25, 0.3) is 0 Å². The first-order valence-corrected chi connectivity index (χ1v) is 6.33. The normalized spacial score (nSPS) is 11.0. The molecule has 2 aromatic rings. The summed E-state index contributed by atoms with van der Waals surface area (Å²) in [5, 5.41) is 12.3. The van der Waals surface area contributed by atoms with E-state index in [1.807, 2.05) is 13.0 Å². The van der Waals surface area contributed by atoms with E-state index in [1.165, 1.54) is 6.07 Å². The van der Waals surface area contributed by atoms with E-state index in [1.54, 1.807) is 18.2 Å². The molecule has 2 rings (SSSR count). The van der Waals surface area contributed by atoms with Gasteiger partial charge in [0.2, 0.25) is 0 Å². The van der Waals surface area contributed by atoms with Crippen LogP contribution < -0.4 is 5.32 Å². The second-order valence-electron chi connectivity index (χ2n) is 4.48. The van der Waals surface area contributed by atoms with Gasteiger partial charge in [-0.25, -0.2) is 0 Å². The van der Waals surface area contributed by atoms with E-state index in [0.717, 1.165) is 17.7 Å². The number of nitrogens with zero attached hydrogens (tertiary/aromatic N) is 1. The van der Waals surface area contributed by atoms with Crippen LogP contribution in [0.4, 0.5) is 24.5 Å². The van der Waals surface area contributed by atoms with Gasteiger partial charge in [-0.15, -0.1) is 0 Å². The lowest BCUT2D eigenvalue weighted by molar-refractivity contribution is -0.137. The minimum atomic E-state index is -4.48. The lowest BCUT2D eigenvalue weighted by Crippen LogP contribution is -2.06. The Kier molecular flexibility index (Phi) is 4.10. The summed E-state index contributed by atoms with van der Waals surface area (Å²) in [6.45, 7) is 1.86. The van der Waals surface area contributed by atoms with Crippen LogP contribution in [-0.2, 0) is 6.18 Å². The van der Waals surface area contributed by atoms with Crippen LogP contribution in [0.1, 0.15) is 16.7 Å². The molecule has 108 valence electrons. The highest BCUT2D eigenvalue weighted by atomic mass is 35.5. The number of anilines is 2. The van der Waals surface area contributed by atoms with Crippen molar-refractivity contribution in [3.05, 3.63) is 58.1 Å². The molecule has 6 heteroatoms. The molecule has 0 bridgehead atoms. The second kappa shape index (κ2) is 5.66. The zero-order valence-corrected chi connectivity index (χ0v) is 11.7. The Balaban J connectivity index is 2.41. The van der Waals surface area contributed by atoms with Gasteiger partial charge < -0.3 is 5.32 Å². The minimum absolute atomic E-state index is 0.0950. The number of hydrogen-bond donors (Lipinski definition) is 1. The fourth-order valence-corrected chi connectivity index (χ4v) is 1.97. The molecule has 0 aliphatic carbocycles. The molecule has 0 spiro atoms. The molecular formula is C15H10ClF3N2.